The molecule has 0 heterocycles. The normalized spacial score (nSPS) is 11.1. The van der Waals surface area contributed by atoms with Crippen LogP contribution in [0.2, 0.25) is 0 Å². The Kier molecular flexibility index (Phi) is 12.0. The molecule has 0 saturated carbocycles. The van der Waals surface area contributed by atoms with Crippen LogP contribution in [0.3, 0.4) is 0 Å². The van der Waals surface area contributed by atoms with E-state index in [-0.39, 0.29) is 5.56 Å². The molecule has 216 valence electrons. The van der Waals surface area contributed by atoms with Gasteiger partial charge in [0.15, 0.2) is 11.6 Å². The highest BCUT2D eigenvalue weighted by Gasteiger charge is 2.16. The van der Waals surface area contributed by atoms with E-state index in [1.165, 1.54) is 69.8 Å². The number of benzene rings is 4. The van der Waals surface area contributed by atoms with Gasteiger partial charge in [0.1, 0.15) is 5.75 Å². The summed E-state index contributed by atoms with van der Waals surface area (Å²) < 4.78 is 36.0. The van der Waals surface area contributed by atoms with Crippen LogP contribution in [-0.2, 0) is 6.42 Å². The minimum atomic E-state index is -0.814. The van der Waals surface area contributed by atoms with Crippen molar-refractivity contribution in [2.45, 2.75) is 84.5 Å². The SMILES string of the molecule is CCCCCCCCCCCCc1ccc(-c2ccc(-c3ccc(-c4ccc(OCC)cc4)cc3)c(F)c2F)cc1. The molecule has 0 unspecified atom stereocenters. The quantitative estimate of drug-likeness (QED) is 0.125. The predicted octanol–water partition coefficient (Wildman–Crippen LogP) is 11.8. The number of rotatable bonds is 16. The molecule has 41 heavy (non-hydrogen) atoms. The summed E-state index contributed by atoms with van der Waals surface area (Å²) in [6, 6.07) is 26.7. The lowest BCUT2D eigenvalue weighted by molar-refractivity contribution is 0.340. The molecule has 0 aliphatic heterocycles. The van der Waals surface area contributed by atoms with E-state index in [0.29, 0.717) is 23.3 Å². The molecule has 0 spiro atoms. The lowest BCUT2D eigenvalue weighted by Gasteiger charge is -2.11. The molecule has 0 aliphatic rings. The van der Waals surface area contributed by atoms with E-state index in [0.717, 1.165) is 23.3 Å². The first-order chi connectivity index (χ1) is 20.1. The maximum atomic E-state index is 15.2. The molecule has 3 heteroatoms. The van der Waals surface area contributed by atoms with Crippen molar-refractivity contribution in [3.63, 3.8) is 0 Å². The molecule has 4 rings (SSSR count). The van der Waals surface area contributed by atoms with E-state index in [2.05, 4.69) is 6.92 Å². The third-order valence-corrected chi connectivity index (χ3v) is 7.86. The highest BCUT2D eigenvalue weighted by atomic mass is 19.2. The van der Waals surface area contributed by atoms with Gasteiger partial charge in [0.25, 0.3) is 0 Å². The van der Waals surface area contributed by atoms with Crippen LogP contribution in [0, 0.1) is 11.6 Å². The van der Waals surface area contributed by atoms with Crippen molar-refractivity contribution in [1.82, 2.24) is 0 Å². The number of hydrogen-bond donors (Lipinski definition) is 0. The van der Waals surface area contributed by atoms with Crippen molar-refractivity contribution < 1.29 is 13.5 Å². The summed E-state index contributed by atoms with van der Waals surface area (Å²) in [5, 5.41) is 0. The second kappa shape index (κ2) is 16.1. The molecule has 0 saturated heterocycles. The summed E-state index contributed by atoms with van der Waals surface area (Å²) in [7, 11) is 0. The summed E-state index contributed by atoms with van der Waals surface area (Å²) in [4.78, 5) is 0. The molecule has 0 radical (unpaired) electrons. The van der Waals surface area contributed by atoms with Crippen LogP contribution in [0.1, 0.15) is 83.6 Å². The average molecular weight is 555 g/mol. The molecular weight excluding hydrogens is 510 g/mol. The van der Waals surface area contributed by atoms with Crippen LogP contribution in [0.4, 0.5) is 8.78 Å². The van der Waals surface area contributed by atoms with Gasteiger partial charge >= 0.3 is 0 Å². The summed E-state index contributed by atoms with van der Waals surface area (Å²) >= 11 is 0. The van der Waals surface area contributed by atoms with Crippen LogP contribution >= 0.6 is 0 Å². The third kappa shape index (κ3) is 8.76. The fraction of sp³-hybridized carbons (Fsp3) is 0.368. The second-order valence-electron chi connectivity index (χ2n) is 11.0. The van der Waals surface area contributed by atoms with E-state index in [1.54, 1.807) is 12.1 Å². The van der Waals surface area contributed by atoms with Gasteiger partial charge in [-0.15, -0.1) is 0 Å². The van der Waals surface area contributed by atoms with Crippen molar-refractivity contribution in [1.29, 1.82) is 0 Å². The maximum Gasteiger partial charge on any atom is 0.167 e. The Bertz CT molecular complexity index is 1320. The smallest absolute Gasteiger partial charge is 0.167 e. The first-order valence-corrected chi connectivity index (χ1v) is 15.5. The Morgan fingerprint density at radius 3 is 1.37 bits per heavy atom. The summed E-state index contributed by atoms with van der Waals surface area (Å²) in [6.45, 7) is 4.84. The lowest BCUT2D eigenvalue weighted by atomic mass is 9.96. The largest absolute Gasteiger partial charge is 0.494 e. The van der Waals surface area contributed by atoms with Crippen molar-refractivity contribution >= 4 is 0 Å². The van der Waals surface area contributed by atoms with Gasteiger partial charge in [0.2, 0.25) is 0 Å². The van der Waals surface area contributed by atoms with Crippen LogP contribution in [-0.4, -0.2) is 6.61 Å². The number of aryl methyl sites for hydroxylation is 1. The number of hydrogen-bond acceptors (Lipinski definition) is 1. The number of unbranched alkanes of at least 4 members (excludes halogenated alkanes) is 9. The molecule has 0 aliphatic carbocycles. The Morgan fingerprint density at radius 2 is 0.878 bits per heavy atom. The van der Waals surface area contributed by atoms with Crippen molar-refractivity contribution in [3.05, 3.63) is 102 Å². The van der Waals surface area contributed by atoms with Gasteiger partial charge in [-0.1, -0.05) is 138 Å². The van der Waals surface area contributed by atoms with E-state index in [9.17, 15) is 0 Å². The minimum absolute atomic E-state index is 0.266. The predicted molar refractivity (Wildman–Crippen MR) is 169 cm³/mol. The minimum Gasteiger partial charge on any atom is -0.494 e. The van der Waals surface area contributed by atoms with Gasteiger partial charge in [0, 0.05) is 11.1 Å². The Morgan fingerprint density at radius 1 is 0.463 bits per heavy atom. The summed E-state index contributed by atoms with van der Waals surface area (Å²) in [5.41, 5.74) is 5.20. The summed E-state index contributed by atoms with van der Waals surface area (Å²) in [5.74, 6) is -0.791. The zero-order valence-electron chi connectivity index (χ0n) is 24.7. The molecule has 4 aromatic rings. The summed E-state index contributed by atoms with van der Waals surface area (Å²) in [6.07, 6.45) is 14.2. The molecule has 0 bridgehead atoms. The third-order valence-electron chi connectivity index (χ3n) is 7.86. The second-order valence-corrected chi connectivity index (χ2v) is 11.0. The fourth-order valence-electron chi connectivity index (χ4n) is 5.42. The standard InChI is InChI=1S/C38H44F2O/c1-3-5-6-7-8-9-10-11-12-13-14-29-15-17-32(18-16-29)35-27-28-36(38(40)37(35)39)33-21-19-30(20-22-33)31-23-25-34(26-24-31)41-4-2/h15-28H,3-14H2,1-2H3. The topological polar surface area (TPSA) is 9.23 Å². The van der Waals surface area contributed by atoms with Crippen molar-refractivity contribution in [3.8, 4) is 39.1 Å². The Balaban J connectivity index is 1.31. The molecule has 4 aromatic carbocycles. The van der Waals surface area contributed by atoms with Crippen molar-refractivity contribution in [2.24, 2.45) is 0 Å². The van der Waals surface area contributed by atoms with E-state index in [4.69, 9.17) is 4.74 Å². The first-order valence-electron chi connectivity index (χ1n) is 15.5. The fourth-order valence-corrected chi connectivity index (χ4v) is 5.42. The monoisotopic (exact) mass is 554 g/mol. The van der Waals surface area contributed by atoms with E-state index >= 15 is 8.78 Å². The van der Waals surface area contributed by atoms with Crippen LogP contribution in [0.15, 0.2) is 84.9 Å². The molecule has 0 fully saturated rings. The molecule has 0 N–H and O–H groups in total. The molecule has 1 nitrogen and oxygen atoms in total. The first kappa shape index (κ1) is 30.5. The molecule has 0 aromatic heterocycles. The highest BCUT2D eigenvalue weighted by Crippen LogP contribution is 2.33. The van der Waals surface area contributed by atoms with Gasteiger partial charge in [0.05, 0.1) is 6.61 Å². The number of ether oxygens (including phenoxy) is 1. The molecule has 0 amide bonds. The van der Waals surface area contributed by atoms with Crippen LogP contribution < -0.4 is 4.74 Å². The average Bonchev–Trinajstić information content (AvgIpc) is 3.01. The van der Waals surface area contributed by atoms with E-state index < -0.39 is 11.6 Å². The number of halogens is 2. The maximum absolute atomic E-state index is 15.2. The van der Waals surface area contributed by atoms with Crippen molar-refractivity contribution in [2.75, 3.05) is 6.61 Å². The highest BCUT2D eigenvalue weighted by molar-refractivity contribution is 5.74. The van der Waals surface area contributed by atoms with Crippen LogP contribution in [0.5, 0.6) is 5.75 Å². The Labute approximate surface area is 245 Å². The zero-order chi connectivity index (χ0) is 28.9. The van der Waals surface area contributed by atoms with Gasteiger partial charge in [-0.2, -0.15) is 0 Å². The van der Waals surface area contributed by atoms with Gasteiger partial charge in [-0.25, -0.2) is 8.78 Å². The van der Waals surface area contributed by atoms with E-state index in [1.807, 2.05) is 79.7 Å². The molecular formula is C38H44F2O. The zero-order valence-corrected chi connectivity index (χ0v) is 24.7. The van der Waals surface area contributed by atoms with Gasteiger partial charge < -0.3 is 4.74 Å². The Hall–Kier alpha value is -3.46. The van der Waals surface area contributed by atoms with Crippen LogP contribution in [0.25, 0.3) is 33.4 Å². The molecule has 0 atom stereocenters. The van der Waals surface area contributed by atoms with Gasteiger partial charge in [-0.05, 0) is 59.7 Å². The lowest BCUT2D eigenvalue weighted by Crippen LogP contribution is -1.94. The van der Waals surface area contributed by atoms with Gasteiger partial charge in [-0.3, -0.25) is 0 Å².